The van der Waals surface area contributed by atoms with Gasteiger partial charge in [0.1, 0.15) is 5.82 Å². The molecule has 2 aromatic carbocycles. The molecular weight excluding hydrogens is 309 g/mol. The molecule has 0 radical (unpaired) electrons. The molecule has 1 aliphatic heterocycles. The highest BCUT2D eigenvalue weighted by molar-refractivity contribution is 7.99. The summed E-state index contributed by atoms with van der Waals surface area (Å²) < 4.78 is 12.9. The highest BCUT2D eigenvalue weighted by Crippen LogP contribution is 2.31. The number of carbonyl (C=O) groups is 1. The predicted octanol–water partition coefficient (Wildman–Crippen LogP) is 4.60. The average Bonchev–Trinajstić information content (AvgIpc) is 2.99. The van der Waals surface area contributed by atoms with Gasteiger partial charge >= 0.3 is 0 Å². The minimum atomic E-state index is -0.214. The molecule has 1 unspecified atom stereocenters. The van der Waals surface area contributed by atoms with Gasteiger partial charge in [0.25, 0.3) is 0 Å². The molecule has 0 bridgehead atoms. The zero-order valence-corrected chi connectivity index (χ0v) is 14.0. The van der Waals surface area contributed by atoms with Gasteiger partial charge in [-0.15, -0.1) is 0 Å². The highest BCUT2D eigenvalue weighted by Gasteiger charge is 2.23. The summed E-state index contributed by atoms with van der Waals surface area (Å²) >= 11 is 1.73. The van der Waals surface area contributed by atoms with Crippen LogP contribution in [0.4, 0.5) is 10.1 Å². The lowest BCUT2D eigenvalue weighted by Gasteiger charge is -2.18. The topological polar surface area (TPSA) is 20.3 Å². The Labute approximate surface area is 140 Å². The number of para-hydroxylation sites is 1. The number of anilines is 1. The van der Waals surface area contributed by atoms with Crippen molar-refractivity contribution in [3.63, 3.8) is 0 Å². The van der Waals surface area contributed by atoms with E-state index in [0.717, 1.165) is 30.0 Å². The van der Waals surface area contributed by atoms with Crippen LogP contribution in [0.1, 0.15) is 29.7 Å². The summed E-state index contributed by atoms with van der Waals surface area (Å²) in [6.45, 7) is 2.88. The van der Waals surface area contributed by atoms with Crippen molar-refractivity contribution in [1.29, 1.82) is 0 Å². The first kappa shape index (κ1) is 16.1. The Morgan fingerprint density at radius 3 is 2.74 bits per heavy atom. The van der Waals surface area contributed by atoms with Crippen molar-refractivity contribution in [3.05, 3.63) is 65.5 Å². The Morgan fingerprint density at radius 2 is 1.96 bits per heavy atom. The van der Waals surface area contributed by atoms with Crippen LogP contribution in [0.25, 0.3) is 0 Å². The molecule has 1 amide bonds. The van der Waals surface area contributed by atoms with E-state index in [9.17, 15) is 9.18 Å². The van der Waals surface area contributed by atoms with E-state index >= 15 is 0 Å². The van der Waals surface area contributed by atoms with Crippen LogP contribution < -0.4 is 4.90 Å². The molecule has 2 aromatic rings. The lowest BCUT2D eigenvalue weighted by atomic mass is 10.2. The van der Waals surface area contributed by atoms with Crippen molar-refractivity contribution < 1.29 is 9.18 Å². The van der Waals surface area contributed by atoms with Crippen LogP contribution in [0, 0.1) is 5.82 Å². The summed E-state index contributed by atoms with van der Waals surface area (Å²) in [5.41, 5.74) is 3.41. The fraction of sp³-hybridized carbons (Fsp3) is 0.316. The highest BCUT2D eigenvalue weighted by atomic mass is 32.2. The Balaban J connectivity index is 1.51. The van der Waals surface area contributed by atoms with Crippen molar-refractivity contribution in [2.24, 2.45) is 0 Å². The van der Waals surface area contributed by atoms with Crippen LogP contribution in [0.3, 0.4) is 0 Å². The zero-order chi connectivity index (χ0) is 16.2. The first-order valence-electron chi connectivity index (χ1n) is 7.90. The van der Waals surface area contributed by atoms with E-state index in [1.54, 1.807) is 11.8 Å². The monoisotopic (exact) mass is 329 g/mol. The van der Waals surface area contributed by atoms with Crippen LogP contribution in [-0.2, 0) is 11.2 Å². The first-order chi connectivity index (χ1) is 11.1. The number of fused-ring (bicyclic) bond motifs is 1. The number of thioether (sulfide) groups is 1. The van der Waals surface area contributed by atoms with E-state index in [0.29, 0.717) is 6.42 Å². The van der Waals surface area contributed by atoms with Crippen LogP contribution in [-0.4, -0.2) is 18.2 Å². The Hall–Kier alpha value is -1.81. The number of carbonyl (C=O) groups excluding carboxylic acids is 1. The fourth-order valence-corrected chi connectivity index (χ4v) is 3.88. The fourth-order valence-electron chi connectivity index (χ4n) is 2.89. The quantitative estimate of drug-likeness (QED) is 0.799. The molecule has 120 valence electrons. The molecule has 0 N–H and O–H groups in total. The largest absolute Gasteiger partial charge is 0.312 e. The van der Waals surface area contributed by atoms with E-state index in [-0.39, 0.29) is 17.0 Å². The summed E-state index contributed by atoms with van der Waals surface area (Å²) in [6.07, 6.45) is 1.48. The lowest BCUT2D eigenvalue weighted by molar-refractivity contribution is -0.118. The molecule has 1 aliphatic rings. The summed E-state index contributed by atoms with van der Waals surface area (Å²) in [5.74, 6) is 0.748. The molecule has 4 heteroatoms. The zero-order valence-electron chi connectivity index (χ0n) is 13.2. The van der Waals surface area contributed by atoms with Crippen molar-refractivity contribution in [3.8, 4) is 0 Å². The number of halogens is 1. The number of benzene rings is 2. The molecule has 0 saturated heterocycles. The van der Waals surface area contributed by atoms with Gasteiger partial charge in [-0.25, -0.2) is 4.39 Å². The van der Waals surface area contributed by atoms with E-state index in [1.807, 2.05) is 35.2 Å². The van der Waals surface area contributed by atoms with Crippen LogP contribution in [0.5, 0.6) is 0 Å². The average molecular weight is 329 g/mol. The van der Waals surface area contributed by atoms with Gasteiger partial charge in [0.2, 0.25) is 5.91 Å². The van der Waals surface area contributed by atoms with Gasteiger partial charge in [-0.05, 0) is 42.7 Å². The maximum atomic E-state index is 12.9. The molecule has 2 nitrogen and oxygen atoms in total. The molecule has 0 aromatic heterocycles. The first-order valence-corrected chi connectivity index (χ1v) is 8.95. The second kappa shape index (κ2) is 7.18. The van der Waals surface area contributed by atoms with Crippen molar-refractivity contribution in [2.45, 2.75) is 25.0 Å². The standard InChI is InChI=1S/C19H20FNOS/c1-14(15-6-8-17(20)9-7-15)23-13-11-19(22)21-12-10-16-4-2-3-5-18(16)21/h2-9,14H,10-13H2,1H3. The summed E-state index contributed by atoms with van der Waals surface area (Å²) in [4.78, 5) is 14.3. The molecular formula is C19H20FNOS. The second-order valence-corrected chi connectivity index (χ2v) is 7.19. The van der Waals surface area contributed by atoms with E-state index in [2.05, 4.69) is 13.0 Å². The SMILES string of the molecule is CC(SCCC(=O)N1CCc2ccccc21)c1ccc(F)cc1. The van der Waals surface area contributed by atoms with E-state index in [4.69, 9.17) is 0 Å². The van der Waals surface area contributed by atoms with Crippen molar-refractivity contribution in [1.82, 2.24) is 0 Å². The summed E-state index contributed by atoms with van der Waals surface area (Å²) in [7, 11) is 0. The van der Waals surface area contributed by atoms with E-state index < -0.39 is 0 Å². The molecule has 3 rings (SSSR count). The predicted molar refractivity (Wildman–Crippen MR) is 94.4 cm³/mol. The molecule has 0 saturated carbocycles. The molecule has 0 aliphatic carbocycles. The second-order valence-electron chi connectivity index (χ2n) is 5.74. The number of hydrogen-bond acceptors (Lipinski definition) is 2. The van der Waals surface area contributed by atoms with Crippen LogP contribution >= 0.6 is 11.8 Å². The normalized spacial score (nSPS) is 14.6. The third-order valence-corrected chi connectivity index (χ3v) is 5.42. The molecule has 1 atom stereocenters. The van der Waals surface area contributed by atoms with Gasteiger partial charge < -0.3 is 4.90 Å². The minimum absolute atomic E-state index is 0.189. The summed E-state index contributed by atoms with van der Waals surface area (Å²) in [5, 5.41) is 0.259. The van der Waals surface area contributed by atoms with Crippen molar-refractivity contribution in [2.75, 3.05) is 17.2 Å². The minimum Gasteiger partial charge on any atom is -0.312 e. The van der Waals surface area contributed by atoms with Gasteiger partial charge in [-0.1, -0.05) is 30.3 Å². The summed E-state index contributed by atoms with van der Waals surface area (Å²) in [6, 6.07) is 14.7. The number of amides is 1. The van der Waals surface area contributed by atoms with Gasteiger partial charge in [-0.3, -0.25) is 4.79 Å². The number of rotatable bonds is 5. The number of hydrogen-bond donors (Lipinski definition) is 0. The Bertz CT molecular complexity index is 686. The number of nitrogens with zero attached hydrogens (tertiary/aromatic N) is 1. The van der Waals surface area contributed by atoms with E-state index in [1.165, 1.54) is 17.7 Å². The molecule has 23 heavy (non-hydrogen) atoms. The van der Waals surface area contributed by atoms with Crippen LogP contribution in [0.15, 0.2) is 48.5 Å². The smallest absolute Gasteiger partial charge is 0.227 e. The molecule has 0 fully saturated rings. The molecule has 0 spiro atoms. The Kier molecular flexibility index (Phi) is 5.01. The Morgan fingerprint density at radius 1 is 1.22 bits per heavy atom. The third-order valence-electron chi connectivity index (χ3n) is 4.21. The van der Waals surface area contributed by atoms with Crippen molar-refractivity contribution >= 4 is 23.4 Å². The lowest BCUT2D eigenvalue weighted by Crippen LogP contribution is -2.29. The van der Waals surface area contributed by atoms with Crippen LogP contribution in [0.2, 0.25) is 0 Å². The van der Waals surface area contributed by atoms with Gasteiger partial charge in [-0.2, -0.15) is 11.8 Å². The van der Waals surface area contributed by atoms with Gasteiger partial charge in [0, 0.05) is 29.7 Å². The third kappa shape index (κ3) is 3.75. The maximum Gasteiger partial charge on any atom is 0.227 e. The van der Waals surface area contributed by atoms with Gasteiger partial charge in [0.15, 0.2) is 0 Å². The maximum absolute atomic E-state index is 12.9. The van der Waals surface area contributed by atoms with Gasteiger partial charge in [0.05, 0.1) is 0 Å². The molecule has 1 heterocycles.